The summed E-state index contributed by atoms with van der Waals surface area (Å²) in [6.45, 7) is -1.01. The molecule has 3 rings (SSSR count). The average Bonchev–Trinajstić information content (AvgIpc) is 3.18. The van der Waals surface area contributed by atoms with Crippen molar-refractivity contribution in [2.45, 2.75) is 25.4 Å². The summed E-state index contributed by atoms with van der Waals surface area (Å²) >= 11 is 0. The Bertz CT molecular complexity index is 815. The largest absolute Gasteiger partial charge is 0.481 e. The van der Waals surface area contributed by atoms with Gasteiger partial charge < -0.3 is 15.0 Å². The number of benzene rings is 1. The van der Waals surface area contributed by atoms with Gasteiger partial charge in [0, 0.05) is 31.2 Å². The summed E-state index contributed by atoms with van der Waals surface area (Å²) < 4.78 is 39.5. The third kappa shape index (κ3) is 3.08. The van der Waals surface area contributed by atoms with Crippen LogP contribution in [0, 0.1) is 5.41 Å². The topological polar surface area (TPSA) is 73.4 Å². The number of aromatic amines is 1. The van der Waals surface area contributed by atoms with Crippen LogP contribution < -0.4 is 0 Å². The lowest BCUT2D eigenvalue weighted by molar-refractivity contribution is -0.227. The second kappa shape index (κ2) is 6.09. The number of H-pyrrole nitrogens is 1. The number of carboxylic acids is 1. The number of nitrogens with zero attached hydrogens (tertiary/aromatic N) is 1. The Hall–Kier alpha value is -2.51. The second-order valence-corrected chi connectivity index (χ2v) is 6.35. The minimum atomic E-state index is -4.88. The first-order valence-corrected chi connectivity index (χ1v) is 7.87. The number of carbonyl (C=O) groups is 2. The van der Waals surface area contributed by atoms with Crippen molar-refractivity contribution in [2.24, 2.45) is 5.41 Å². The number of alkyl halides is 3. The number of hydrogen-bond donors (Lipinski definition) is 2. The van der Waals surface area contributed by atoms with Gasteiger partial charge in [-0.2, -0.15) is 13.2 Å². The molecule has 0 spiro atoms. The monoisotopic (exact) mass is 354 g/mol. The number of nitrogens with one attached hydrogen (secondary N) is 1. The maximum atomic E-state index is 13.2. The molecule has 134 valence electrons. The van der Waals surface area contributed by atoms with Crippen LogP contribution in [0.1, 0.15) is 18.4 Å². The molecular formula is C17H17F3N2O3. The molecule has 1 amide bonds. The molecule has 1 unspecified atom stereocenters. The normalized spacial score (nSPS) is 21.0. The lowest BCUT2D eigenvalue weighted by Crippen LogP contribution is -2.47. The molecule has 1 aliphatic rings. The molecule has 0 saturated carbocycles. The molecule has 2 aromatic rings. The zero-order chi connectivity index (χ0) is 18.2. The average molecular weight is 354 g/mol. The summed E-state index contributed by atoms with van der Waals surface area (Å²) in [4.78, 5) is 27.4. The van der Waals surface area contributed by atoms with E-state index in [1.165, 1.54) is 0 Å². The van der Waals surface area contributed by atoms with E-state index in [2.05, 4.69) is 4.98 Å². The molecule has 1 aromatic carbocycles. The number of fused-ring (bicyclic) bond motifs is 1. The van der Waals surface area contributed by atoms with Crippen LogP contribution in [0.15, 0.2) is 30.5 Å². The van der Waals surface area contributed by atoms with E-state index in [1.54, 1.807) is 6.20 Å². The maximum Gasteiger partial charge on any atom is 0.406 e. The fourth-order valence-electron chi connectivity index (χ4n) is 3.22. The van der Waals surface area contributed by atoms with Gasteiger partial charge in [-0.1, -0.05) is 6.07 Å². The maximum absolute atomic E-state index is 13.2. The smallest absolute Gasteiger partial charge is 0.406 e. The first kappa shape index (κ1) is 17.3. The highest BCUT2D eigenvalue weighted by Crippen LogP contribution is 2.45. The number of amides is 1. The van der Waals surface area contributed by atoms with E-state index in [4.69, 9.17) is 5.11 Å². The molecular weight excluding hydrogens is 337 g/mol. The quantitative estimate of drug-likeness (QED) is 0.887. The van der Waals surface area contributed by atoms with Crippen LogP contribution in [0.3, 0.4) is 0 Å². The Labute approximate surface area is 141 Å². The van der Waals surface area contributed by atoms with Crippen molar-refractivity contribution in [1.82, 2.24) is 9.88 Å². The number of hydrogen-bond acceptors (Lipinski definition) is 2. The standard InChI is InChI=1S/C17H17F3N2O3/c18-17(19,20)16(15(24)25)6-8-22(10-16)14(23)4-2-11-1-3-13-12(9-11)5-7-21-13/h1,3,5,7,9,21H,2,4,6,8,10H2,(H,24,25). The number of carboxylic acid groups (broad SMARTS) is 1. The summed E-state index contributed by atoms with van der Waals surface area (Å²) in [6, 6.07) is 7.55. The van der Waals surface area contributed by atoms with Crippen molar-refractivity contribution in [3.8, 4) is 0 Å². The van der Waals surface area contributed by atoms with Crippen LogP contribution in [-0.4, -0.2) is 46.1 Å². The molecule has 8 heteroatoms. The van der Waals surface area contributed by atoms with E-state index in [9.17, 15) is 22.8 Å². The van der Waals surface area contributed by atoms with Crippen molar-refractivity contribution in [3.05, 3.63) is 36.0 Å². The van der Waals surface area contributed by atoms with Gasteiger partial charge >= 0.3 is 12.1 Å². The van der Waals surface area contributed by atoms with E-state index in [1.807, 2.05) is 24.3 Å². The lowest BCUT2D eigenvalue weighted by Gasteiger charge is -2.27. The van der Waals surface area contributed by atoms with Gasteiger partial charge in [-0.15, -0.1) is 0 Å². The molecule has 1 atom stereocenters. The number of halogens is 3. The number of carbonyl (C=O) groups excluding carboxylic acids is 1. The summed E-state index contributed by atoms with van der Waals surface area (Å²) in [5.41, 5.74) is -0.988. The van der Waals surface area contributed by atoms with Gasteiger partial charge in [-0.3, -0.25) is 9.59 Å². The molecule has 1 fully saturated rings. The molecule has 1 aliphatic heterocycles. The van der Waals surface area contributed by atoms with Crippen molar-refractivity contribution >= 4 is 22.8 Å². The lowest BCUT2D eigenvalue weighted by atomic mass is 9.86. The predicted octanol–water partition coefficient (Wildman–Crippen LogP) is 2.97. The van der Waals surface area contributed by atoms with Gasteiger partial charge in [-0.25, -0.2) is 0 Å². The Morgan fingerprint density at radius 1 is 1.28 bits per heavy atom. The second-order valence-electron chi connectivity index (χ2n) is 6.35. The van der Waals surface area contributed by atoms with Crippen molar-refractivity contribution < 1.29 is 27.9 Å². The van der Waals surface area contributed by atoms with Gasteiger partial charge in [0.2, 0.25) is 5.91 Å². The summed E-state index contributed by atoms with van der Waals surface area (Å²) in [7, 11) is 0. The third-order valence-corrected chi connectivity index (χ3v) is 4.82. The first-order valence-electron chi connectivity index (χ1n) is 7.87. The molecule has 0 radical (unpaired) electrons. The third-order valence-electron chi connectivity index (χ3n) is 4.82. The minimum absolute atomic E-state index is 0.0451. The van der Waals surface area contributed by atoms with Crippen LogP contribution in [-0.2, 0) is 16.0 Å². The number of likely N-dealkylation sites (tertiary alicyclic amines) is 1. The van der Waals surface area contributed by atoms with Crippen LogP contribution in [0.25, 0.3) is 10.9 Å². The fourth-order valence-corrected chi connectivity index (χ4v) is 3.22. The Balaban J connectivity index is 1.65. The molecule has 5 nitrogen and oxygen atoms in total. The van der Waals surface area contributed by atoms with Gasteiger partial charge in [0.1, 0.15) is 0 Å². The van der Waals surface area contributed by atoms with E-state index in [-0.39, 0.29) is 13.0 Å². The Kier molecular flexibility index (Phi) is 4.22. The van der Waals surface area contributed by atoms with Crippen LogP contribution in [0.5, 0.6) is 0 Å². The predicted molar refractivity (Wildman–Crippen MR) is 83.9 cm³/mol. The van der Waals surface area contributed by atoms with E-state index in [0.717, 1.165) is 21.4 Å². The fraction of sp³-hybridized carbons (Fsp3) is 0.412. The highest BCUT2D eigenvalue weighted by molar-refractivity contribution is 5.82. The van der Waals surface area contributed by atoms with Crippen molar-refractivity contribution in [3.63, 3.8) is 0 Å². The minimum Gasteiger partial charge on any atom is -0.481 e. The summed E-state index contributed by atoms with van der Waals surface area (Å²) in [6.07, 6.45) is -3.25. The highest BCUT2D eigenvalue weighted by Gasteiger charge is 2.64. The van der Waals surface area contributed by atoms with Gasteiger partial charge in [0.25, 0.3) is 0 Å². The van der Waals surface area contributed by atoms with E-state index < -0.39 is 36.4 Å². The van der Waals surface area contributed by atoms with Crippen LogP contribution in [0.2, 0.25) is 0 Å². The van der Waals surface area contributed by atoms with Crippen molar-refractivity contribution in [2.75, 3.05) is 13.1 Å². The molecule has 2 N–H and O–H groups in total. The first-order chi connectivity index (χ1) is 11.7. The Morgan fingerprint density at radius 3 is 2.68 bits per heavy atom. The summed E-state index contributed by atoms with van der Waals surface area (Å²) in [5, 5.41) is 10.0. The van der Waals surface area contributed by atoms with Gasteiger partial charge in [-0.05, 0) is 42.0 Å². The molecule has 1 saturated heterocycles. The Morgan fingerprint density at radius 2 is 2.04 bits per heavy atom. The highest BCUT2D eigenvalue weighted by atomic mass is 19.4. The van der Waals surface area contributed by atoms with Crippen molar-refractivity contribution in [1.29, 1.82) is 0 Å². The van der Waals surface area contributed by atoms with Gasteiger partial charge in [0.05, 0.1) is 0 Å². The molecule has 1 aromatic heterocycles. The number of aryl methyl sites for hydroxylation is 1. The van der Waals surface area contributed by atoms with E-state index in [0.29, 0.717) is 6.42 Å². The number of aromatic nitrogens is 1. The zero-order valence-electron chi connectivity index (χ0n) is 13.3. The number of aliphatic carboxylic acids is 1. The molecule has 0 aliphatic carbocycles. The molecule has 2 heterocycles. The molecule has 0 bridgehead atoms. The van der Waals surface area contributed by atoms with Crippen LogP contribution >= 0.6 is 0 Å². The SMILES string of the molecule is O=C(CCc1ccc2[nH]ccc2c1)N1CCC(C(=O)O)(C(F)(F)F)C1. The zero-order valence-corrected chi connectivity index (χ0v) is 13.3. The van der Waals surface area contributed by atoms with Crippen LogP contribution in [0.4, 0.5) is 13.2 Å². The van der Waals surface area contributed by atoms with Gasteiger partial charge in [0.15, 0.2) is 5.41 Å². The molecule has 25 heavy (non-hydrogen) atoms. The number of rotatable bonds is 4. The van der Waals surface area contributed by atoms with E-state index >= 15 is 0 Å². The summed E-state index contributed by atoms with van der Waals surface area (Å²) in [5.74, 6) is -2.38.